The number of hydrogen-bond acceptors (Lipinski definition) is 3. The number of hydrogen-bond donors (Lipinski definition) is 2. The molecule has 2 N–H and O–H groups in total. The first-order valence-electron chi connectivity index (χ1n) is 9.69. The second kappa shape index (κ2) is 6.26. The fraction of sp³-hybridized carbons (Fsp3) is 0.364. The quantitative estimate of drug-likeness (QED) is 0.794. The van der Waals surface area contributed by atoms with Gasteiger partial charge in [-0.25, -0.2) is 0 Å². The molecule has 0 saturated carbocycles. The number of halogens is 1. The average Bonchev–Trinajstić information content (AvgIpc) is 3.12. The number of quaternary nitrogens is 1. The SMILES string of the molecule is Cc1ccc2c(c1)[C@@H]1C=C(c3ccc(Cl)cc3)NN1C1(CC[NH+](C)CC1)O2. The number of rotatable bonds is 1. The predicted molar refractivity (Wildman–Crippen MR) is 108 cm³/mol. The molecule has 0 aromatic heterocycles. The zero-order valence-electron chi connectivity index (χ0n) is 15.8. The molecule has 1 spiro atoms. The number of fused-ring (bicyclic) bond motifs is 4. The van der Waals surface area contributed by atoms with Crippen LogP contribution in [0.15, 0.2) is 48.5 Å². The van der Waals surface area contributed by atoms with E-state index in [9.17, 15) is 0 Å². The summed E-state index contributed by atoms with van der Waals surface area (Å²) in [7, 11) is 2.26. The third-order valence-corrected chi connectivity index (χ3v) is 6.36. The van der Waals surface area contributed by atoms with E-state index in [1.807, 2.05) is 12.1 Å². The second-order valence-corrected chi connectivity index (χ2v) is 8.50. The summed E-state index contributed by atoms with van der Waals surface area (Å²) < 4.78 is 6.68. The molecule has 3 aliphatic heterocycles. The molecule has 3 aliphatic rings. The van der Waals surface area contributed by atoms with Crippen molar-refractivity contribution in [2.45, 2.75) is 31.5 Å². The van der Waals surface area contributed by atoms with Crippen molar-refractivity contribution in [2.75, 3.05) is 20.1 Å². The first-order valence-corrected chi connectivity index (χ1v) is 10.1. The maximum absolute atomic E-state index is 6.68. The number of piperidine rings is 1. The van der Waals surface area contributed by atoms with Crippen LogP contribution in [0.2, 0.25) is 5.02 Å². The van der Waals surface area contributed by atoms with Gasteiger partial charge >= 0.3 is 0 Å². The molecule has 0 bridgehead atoms. The van der Waals surface area contributed by atoms with Crippen LogP contribution in [0.1, 0.15) is 35.6 Å². The molecule has 0 radical (unpaired) electrons. The first-order chi connectivity index (χ1) is 13.0. The van der Waals surface area contributed by atoms with Gasteiger partial charge in [0, 0.05) is 10.6 Å². The number of ether oxygens (including phenoxy) is 1. The molecular weight excluding hydrogens is 358 g/mol. The van der Waals surface area contributed by atoms with Gasteiger partial charge in [-0.1, -0.05) is 41.4 Å². The fourth-order valence-electron chi connectivity index (χ4n) is 4.50. The van der Waals surface area contributed by atoms with Crippen molar-refractivity contribution < 1.29 is 9.64 Å². The van der Waals surface area contributed by atoms with E-state index in [1.54, 1.807) is 4.90 Å². The molecule has 140 valence electrons. The topological polar surface area (TPSA) is 28.9 Å². The summed E-state index contributed by atoms with van der Waals surface area (Å²) in [6.07, 6.45) is 4.35. The molecule has 2 aromatic carbocycles. The Hall–Kier alpha value is -2.01. The van der Waals surface area contributed by atoms with Gasteiger partial charge in [-0.05, 0) is 36.8 Å². The standard InChI is InChI=1S/C22H24ClN3O/c1-15-3-8-21-18(13-15)20-14-19(16-4-6-17(23)7-5-16)24-26(20)22(27-21)9-11-25(2)12-10-22/h3-8,13-14,20,24H,9-12H2,1-2H3/p+1/t20-/m0/s1. The third kappa shape index (κ3) is 2.83. The van der Waals surface area contributed by atoms with Crippen LogP contribution in [0.5, 0.6) is 5.75 Å². The van der Waals surface area contributed by atoms with Crippen LogP contribution in [0, 0.1) is 6.92 Å². The Morgan fingerprint density at radius 3 is 2.63 bits per heavy atom. The van der Waals surface area contributed by atoms with Crippen molar-refractivity contribution in [3.8, 4) is 5.75 Å². The molecule has 3 heterocycles. The lowest BCUT2D eigenvalue weighted by Crippen LogP contribution is -3.11. The van der Waals surface area contributed by atoms with E-state index in [-0.39, 0.29) is 11.8 Å². The van der Waals surface area contributed by atoms with Crippen LogP contribution in [0.4, 0.5) is 0 Å². The van der Waals surface area contributed by atoms with Gasteiger partial charge in [-0.3, -0.25) is 0 Å². The Kier molecular flexibility index (Phi) is 3.97. The monoisotopic (exact) mass is 382 g/mol. The van der Waals surface area contributed by atoms with Gasteiger partial charge in [-0.2, -0.15) is 5.01 Å². The van der Waals surface area contributed by atoms with Crippen LogP contribution in [-0.2, 0) is 0 Å². The molecule has 0 amide bonds. The number of likely N-dealkylation sites (tertiary alicyclic amines) is 1. The van der Waals surface area contributed by atoms with Crippen LogP contribution in [0.25, 0.3) is 5.70 Å². The van der Waals surface area contributed by atoms with Gasteiger partial charge in [0.15, 0.2) is 5.72 Å². The largest absolute Gasteiger partial charge is 0.470 e. The van der Waals surface area contributed by atoms with Crippen molar-refractivity contribution in [3.63, 3.8) is 0 Å². The lowest BCUT2D eigenvalue weighted by Gasteiger charge is -2.50. The number of nitrogens with zero attached hydrogens (tertiary/aromatic N) is 1. The molecule has 0 aliphatic carbocycles. The fourth-order valence-corrected chi connectivity index (χ4v) is 4.63. The summed E-state index contributed by atoms with van der Waals surface area (Å²) in [6, 6.07) is 14.8. The maximum Gasteiger partial charge on any atom is 0.191 e. The molecule has 5 rings (SSSR count). The number of aryl methyl sites for hydroxylation is 1. The van der Waals surface area contributed by atoms with Gasteiger partial charge in [-0.15, -0.1) is 0 Å². The lowest BCUT2D eigenvalue weighted by molar-refractivity contribution is -0.888. The van der Waals surface area contributed by atoms with Gasteiger partial charge in [0.25, 0.3) is 0 Å². The van der Waals surface area contributed by atoms with E-state index < -0.39 is 0 Å². The molecule has 1 saturated heterocycles. The number of benzene rings is 2. The van der Waals surface area contributed by atoms with Crippen LogP contribution >= 0.6 is 11.6 Å². The highest BCUT2D eigenvalue weighted by Crippen LogP contribution is 2.47. The van der Waals surface area contributed by atoms with E-state index in [4.69, 9.17) is 16.3 Å². The first kappa shape index (κ1) is 17.1. The zero-order chi connectivity index (χ0) is 18.6. The zero-order valence-corrected chi connectivity index (χ0v) is 16.5. The van der Waals surface area contributed by atoms with Gasteiger partial charge < -0.3 is 15.1 Å². The van der Waals surface area contributed by atoms with Crippen LogP contribution in [-0.4, -0.2) is 30.9 Å². The minimum atomic E-state index is -0.295. The molecule has 2 aromatic rings. The molecule has 4 nitrogen and oxygen atoms in total. The van der Waals surface area contributed by atoms with Gasteiger partial charge in [0.1, 0.15) is 5.75 Å². The summed E-state index contributed by atoms with van der Waals surface area (Å²) in [5.74, 6) is 1.02. The number of hydrazine groups is 1. The van der Waals surface area contributed by atoms with Gasteiger partial charge in [0.05, 0.1) is 44.7 Å². The summed E-state index contributed by atoms with van der Waals surface area (Å²) in [4.78, 5) is 1.57. The van der Waals surface area contributed by atoms with E-state index in [1.165, 1.54) is 11.1 Å². The average molecular weight is 383 g/mol. The molecule has 0 unspecified atom stereocenters. The van der Waals surface area contributed by atoms with Crippen LogP contribution in [0.3, 0.4) is 0 Å². The smallest absolute Gasteiger partial charge is 0.191 e. The summed E-state index contributed by atoms with van der Waals surface area (Å²) >= 11 is 6.08. The molecule has 1 atom stereocenters. The Labute approximate surface area is 165 Å². The summed E-state index contributed by atoms with van der Waals surface area (Å²) in [5, 5.41) is 3.11. The van der Waals surface area contributed by atoms with E-state index in [0.29, 0.717) is 0 Å². The second-order valence-electron chi connectivity index (χ2n) is 8.06. The molecule has 5 heteroatoms. The highest BCUT2D eigenvalue weighted by molar-refractivity contribution is 6.30. The van der Waals surface area contributed by atoms with Crippen molar-refractivity contribution >= 4 is 17.3 Å². The third-order valence-electron chi connectivity index (χ3n) is 6.11. The minimum Gasteiger partial charge on any atom is -0.470 e. The van der Waals surface area contributed by atoms with Crippen molar-refractivity contribution in [2.24, 2.45) is 0 Å². The summed E-state index contributed by atoms with van der Waals surface area (Å²) in [6.45, 7) is 4.37. The Bertz CT molecular complexity index is 900. The Morgan fingerprint density at radius 2 is 1.89 bits per heavy atom. The summed E-state index contributed by atoms with van der Waals surface area (Å²) in [5.41, 5.74) is 8.16. The van der Waals surface area contributed by atoms with Crippen molar-refractivity contribution in [1.82, 2.24) is 10.4 Å². The van der Waals surface area contributed by atoms with Crippen LogP contribution < -0.4 is 15.1 Å². The Morgan fingerprint density at radius 1 is 1.15 bits per heavy atom. The molecular formula is C22H25ClN3O+. The molecule has 1 fully saturated rings. The van der Waals surface area contributed by atoms with E-state index in [0.717, 1.165) is 48.0 Å². The lowest BCUT2D eigenvalue weighted by atomic mass is 9.92. The Balaban J connectivity index is 1.58. The highest BCUT2D eigenvalue weighted by atomic mass is 35.5. The van der Waals surface area contributed by atoms with Crippen molar-refractivity contribution in [1.29, 1.82) is 0 Å². The molecule has 27 heavy (non-hydrogen) atoms. The normalized spacial score (nSPS) is 29.5. The van der Waals surface area contributed by atoms with Gasteiger partial charge in [0.2, 0.25) is 0 Å². The van der Waals surface area contributed by atoms with Crippen molar-refractivity contribution in [3.05, 3.63) is 70.3 Å². The predicted octanol–water partition coefficient (Wildman–Crippen LogP) is 2.95. The minimum absolute atomic E-state index is 0.178. The highest BCUT2D eigenvalue weighted by Gasteiger charge is 2.52. The number of nitrogens with one attached hydrogen (secondary N) is 2. The van der Waals surface area contributed by atoms with E-state index >= 15 is 0 Å². The maximum atomic E-state index is 6.68. The van der Waals surface area contributed by atoms with E-state index in [2.05, 4.69) is 60.8 Å².